The summed E-state index contributed by atoms with van der Waals surface area (Å²) in [6, 6.07) is 0. The van der Waals surface area contributed by atoms with Gasteiger partial charge in [0.25, 0.3) is 0 Å². The van der Waals surface area contributed by atoms with E-state index in [2.05, 4.69) is 0 Å². The minimum Gasteiger partial charge on any atom is -0.391 e. The van der Waals surface area contributed by atoms with Crippen molar-refractivity contribution in [2.24, 2.45) is 5.73 Å². The Morgan fingerprint density at radius 2 is 2.20 bits per heavy atom. The zero-order valence-corrected chi connectivity index (χ0v) is 8.10. The lowest BCUT2D eigenvalue weighted by molar-refractivity contribution is -0.135. The third kappa shape index (κ3) is 3.30. The van der Waals surface area contributed by atoms with Crippen molar-refractivity contribution in [1.29, 1.82) is 0 Å². The van der Waals surface area contributed by atoms with E-state index in [1.54, 1.807) is 0 Å². The van der Waals surface area contributed by atoms with Gasteiger partial charge in [-0.05, 0) is 0 Å². The number of rotatable bonds is 3. The molecule has 15 heavy (non-hydrogen) atoms. The summed E-state index contributed by atoms with van der Waals surface area (Å²) in [5, 5.41) is 11.1. The van der Waals surface area contributed by atoms with E-state index < -0.39 is 17.9 Å². The van der Waals surface area contributed by atoms with E-state index in [1.807, 2.05) is 5.32 Å². The molecule has 1 unspecified atom stereocenters. The van der Waals surface area contributed by atoms with Crippen molar-refractivity contribution in [3.05, 3.63) is 0 Å². The maximum atomic E-state index is 11.2. The molecule has 1 aliphatic heterocycles. The molecule has 7 heteroatoms. The van der Waals surface area contributed by atoms with E-state index in [9.17, 15) is 14.4 Å². The monoisotopic (exact) mass is 215 g/mol. The Balaban J connectivity index is 2.38. The molecule has 0 aromatic carbocycles. The average Bonchev–Trinajstić information content (AvgIpc) is 2.44. The van der Waals surface area contributed by atoms with Gasteiger partial charge in [-0.15, -0.1) is 0 Å². The van der Waals surface area contributed by atoms with E-state index in [4.69, 9.17) is 10.8 Å². The number of hydrogen-bond acceptors (Lipinski definition) is 5. The number of β-amino-alcohol motifs (C(OH)–C–C–N with tert-alkyl or cyclic N) is 1. The molecule has 0 bridgehead atoms. The molecule has 7 nitrogen and oxygen atoms in total. The molecule has 1 saturated heterocycles. The van der Waals surface area contributed by atoms with E-state index in [1.165, 1.54) is 4.90 Å². The van der Waals surface area contributed by atoms with E-state index in [-0.39, 0.29) is 32.0 Å². The number of imide groups is 1. The zero-order valence-electron chi connectivity index (χ0n) is 8.10. The van der Waals surface area contributed by atoms with Gasteiger partial charge in [0, 0.05) is 6.54 Å². The van der Waals surface area contributed by atoms with Gasteiger partial charge in [0.2, 0.25) is 17.7 Å². The summed E-state index contributed by atoms with van der Waals surface area (Å²) in [6.45, 7) is -0.368. The van der Waals surface area contributed by atoms with E-state index >= 15 is 0 Å². The van der Waals surface area contributed by atoms with Crippen LogP contribution in [0.25, 0.3) is 0 Å². The Kier molecular flexibility index (Phi) is 3.75. The van der Waals surface area contributed by atoms with Crippen LogP contribution in [0.2, 0.25) is 0 Å². The van der Waals surface area contributed by atoms with Gasteiger partial charge in [-0.25, -0.2) is 0 Å². The summed E-state index contributed by atoms with van der Waals surface area (Å²) in [6.07, 6.45) is -0.700. The number of aliphatic hydroxyl groups is 1. The number of nitrogens with zero attached hydrogens (tertiary/aromatic N) is 1. The average molecular weight is 215 g/mol. The van der Waals surface area contributed by atoms with Crippen molar-refractivity contribution in [1.82, 2.24) is 10.2 Å². The van der Waals surface area contributed by atoms with Crippen molar-refractivity contribution in [3.8, 4) is 0 Å². The maximum absolute atomic E-state index is 11.2. The lowest BCUT2D eigenvalue weighted by atomic mass is 10.3. The quantitative estimate of drug-likeness (QED) is 0.470. The highest BCUT2D eigenvalue weighted by Crippen LogP contribution is 2.09. The molecule has 0 aromatic heterocycles. The summed E-state index contributed by atoms with van der Waals surface area (Å²) >= 11 is 0. The van der Waals surface area contributed by atoms with Gasteiger partial charge in [0.05, 0.1) is 19.1 Å². The molecule has 0 aromatic rings. The fourth-order valence-electron chi connectivity index (χ4n) is 1.32. The van der Waals surface area contributed by atoms with Gasteiger partial charge in [-0.3, -0.25) is 19.7 Å². The first kappa shape index (κ1) is 11.6. The number of hydrogen-bond donors (Lipinski definition) is 3. The van der Waals surface area contributed by atoms with Crippen LogP contribution in [0.5, 0.6) is 0 Å². The molecule has 0 radical (unpaired) electrons. The highest BCUT2D eigenvalue weighted by Gasteiger charge is 2.29. The molecule has 1 atom stereocenters. The minimum atomic E-state index is -0.726. The Labute approximate surface area is 86.2 Å². The molecule has 1 rings (SSSR count). The second-order valence-corrected chi connectivity index (χ2v) is 3.31. The molecule has 4 N–H and O–H groups in total. The number of carbonyl (C=O) groups is 3. The van der Waals surface area contributed by atoms with Crippen molar-refractivity contribution < 1.29 is 19.5 Å². The molecule has 0 spiro atoms. The Hall–Kier alpha value is -1.47. The first-order chi connectivity index (χ1) is 7.02. The Morgan fingerprint density at radius 1 is 1.53 bits per heavy atom. The molecule has 84 valence electrons. The third-order valence-corrected chi connectivity index (χ3v) is 1.99. The summed E-state index contributed by atoms with van der Waals surface area (Å²) in [7, 11) is 0. The standard InChI is InChI=1S/C8H13N3O4/c9-2-6(13)10-7(14)4-11-3-5(12)1-8(11)15/h5,12H,1-4,9H2,(H,10,13,14). The third-order valence-electron chi connectivity index (χ3n) is 1.99. The maximum Gasteiger partial charge on any atom is 0.246 e. The molecule has 0 aliphatic carbocycles. The van der Waals surface area contributed by atoms with Crippen LogP contribution in [0.15, 0.2) is 0 Å². The van der Waals surface area contributed by atoms with Gasteiger partial charge in [-0.1, -0.05) is 0 Å². The molecule has 0 saturated carbocycles. The number of nitrogens with two attached hydrogens (primary N) is 1. The van der Waals surface area contributed by atoms with Gasteiger partial charge < -0.3 is 15.7 Å². The number of carbonyl (C=O) groups excluding carboxylic acids is 3. The summed E-state index contributed by atoms with van der Waals surface area (Å²) in [4.78, 5) is 34.2. The van der Waals surface area contributed by atoms with Crippen LogP contribution in [0.4, 0.5) is 0 Å². The Morgan fingerprint density at radius 3 is 2.67 bits per heavy atom. The fraction of sp³-hybridized carbons (Fsp3) is 0.625. The van der Waals surface area contributed by atoms with Crippen LogP contribution in [-0.4, -0.2) is 53.5 Å². The number of nitrogens with one attached hydrogen (secondary N) is 1. The Bertz CT molecular complexity index is 292. The van der Waals surface area contributed by atoms with Crippen LogP contribution in [-0.2, 0) is 14.4 Å². The van der Waals surface area contributed by atoms with Gasteiger partial charge in [0.1, 0.15) is 6.54 Å². The van der Waals surface area contributed by atoms with Gasteiger partial charge >= 0.3 is 0 Å². The SMILES string of the molecule is NCC(=O)NC(=O)CN1CC(O)CC1=O. The topological polar surface area (TPSA) is 113 Å². The summed E-state index contributed by atoms with van der Waals surface area (Å²) in [5.74, 6) is -1.47. The van der Waals surface area contributed by atoms with Gasteiger partial charge in [-0.2, -0.15) is 0 Å². The van der Waals surface area contributed by atoms with E-state index in [0.717, 1.165) is 0 Å². The number of aliphatic hydroxyl groups excluding tert-OH is 1. The highest BCUT2D eigenvalue weighted by molar-refractivity contribution is 5.98. The predicted molar refractivity (Wildman–Crippen MR) is 49.4 cm³/mol. The highest BCUT2D eigenvalue weighted by atomic mass is 16.3. The molecular weight excluding hydrogens is 202 g/mol. The summed E-state index contributed by atoms with van der Waals surface area (Å²) in [5.41, 5.74) is 4.99. The lowest BCUT2D eigenvalue weighted by Crippen LogP contribution is -2.42. The molecular formula is C8H13N3O4. The van der Waals surface area contributed by atoms with Crippen molar-refractivity contribution in [2.75, 3.05) is 19.6 Å². The predicted octanol–water partition coefficient (Wildman–Crippen LogP) is -2.82. The van der Waals surface area contributed by atoms with E-state index in [0.29, 0.717) is 0 Å². The second-order valence-electron chi connectivity index (χ2n) is 3.31. The van der Waals surface area contributed by atoms with Crippen molar-refractivity contribution >= 4 is 17.7 Å². The smallest absolute Gasteiger partial charge is 0.246 e. The molecule has 3 amide bonds. The number of likely N-dealkylation sites (tertiary alicyclic amines) is 1. The molecule has 1 heterocycles. The largest absolute Gasteiger partial charge is 0.391 e. The first-order valence-electron chi connectivity index (χ1n) is 4.51. The van der Waals surface area contributed by atoms with Crippen LogP contribution >= 0.6 is 0 Å². The van der Waals surface area contributed by atoms with Crippen LogP contribution in [0, 0.1) is 0 Å². The number of amides is 3. The first-order valence-corrected chi connectivity index (χ1v) is 4.51. The van der Waals surface area contributed by atoms with Crippen LogP contribution in [0.3, 0.4) is 0 Å². The minimum absolute atomic E-state index is 0.0259. The fourth-order valence-corrected chi connectivity index (χ4v) is 1.32. The van der Waals surface area contributed by atoms with Crippen LogP contribution < -0.4 is 11.1 Å². The lowest BCUT2D eigenvalue weighted by Gasteiger charge is -2.14. The van der Waals surface area contributed by atoms with Crippen molar-refractivity contribution in [2.45, 2.75) is 12.5 Å². The van der Waals surface area contributed by atoms with Gasteiger partial charge in [0.15, 0.2) is 0 Å². The second kappa shape index (κ2) is 4.85. The normalized spacial score (nSPS) is 20.5. The molecule has 1 aliphatic rings. The summed E-state index contributed by atoms with van der Waals surface area (Å²) < 4.78 is 0. The molecule has 1 fully saturated rings. The zero-order chi connectivity index (χ0) is 11.4. The van der Waals surface area contributed by atoms with Crippen molar-refractivity contribution in [3.63, 3.8) is 0 Å². The van der Waals surface area contributed by atoms with Crippen LogP contribution in [0.1, 0.15) is 6.42 Å².